The van der Waals surface area contributed by atoms with Crippen LogP contribution in [0.1, 0.15) is 0 Å². The zero-order chi connectivity index (χ0) is 21.5. The molecule has 0 amide bonds. The Morgan fingerprint density at radius 3 is 1.46 bits per heavy atom. The molecule has 0 saturated heterocycles. The van der Waals surface area contributed by atoms with E-state index in [1.807, 2.05) is 0 Å². The van der Waals surface area contributed by atoms with Crippen molar-refractivity contribution in [3.05, 3.63) is 0 Å². The SMILES string of the molecule is COC(=O)[C@@H](O)[C@@H](O)[C@](O)([C@@](O)(C(=O)[Si](C)(C)C)[Si](C)(C)C)[Si](C)(C)C. The number of hydrogen-bond donors (Lipinski definition) is 4. The second-order valence-corrected chi connectivity index (χ2v) is 25.4. The van der Waals surface area contributed by atoms with Gasteiger partial charge in [-0.05, 0) is 0 Å². The van der Waals surface area contributed by atoms with Crippen LogP contribution >= 0.6 is 0 Å². The van der Waals surface area contributed by atoms with Crippen LogP contribution < -0.4 is 0 Å². The Kier molecular flexibility index (Phi) is 7.46. The van der Waals surface area contributed by atoms with Gasteiger partial charge in [0, 0.05) is 0 Å². The molecular weight excluding hydrogens is 388 g/mol. The summed E-state index contributed by atoms with van der Waals surface area (Å²) < 4.78 is 4.48. The van der Waals surface area contributed by atoms with E-state index in [0.29, 0.717) is 0 Å². The fraction of sp³-hybridized carbons (Fsp3) is 0.875. The van der Waals surface area contributed by atoms with E-state index in [0.717, 1.165) is 7.11 Å². The fourth-order valence-corrected chi connectivity index (χ4v) is 13.4. The van der Waals surface area contributed by atoms with Gasteiger partial charge in [0.25, 0.3) is 0 Å². The number of carbonyl (C=O) groups is 2. The van der Waals surface area contributed by atoms with Crippen molar-refractivity contribution >= 4 is 35.6 Å². The van der Waals surface area contributed by atoms with Gasteiger partial charge in [-0.15, -0.1) is 0 Å². The minimum atomic E-state index is -2.96. The molecule has 10 heteroatoms. The molecule has 0 unspecified atom stereocenters. The first-order valence-corrected chi connectivity index (χ1v) is 19.1. The molecule has 0 aromatic heterocycles. The van der Waals surface area contributed by atoms with Crippen LogP contribution in [-0.2, 0) is 14.3 Å². The maximum atomic E-state index is 13.4. The topological polar surface area (TPSA) is 124 Å². The van der Waals surface area contributed by atoms with Gasteiger partial charge in [-0.1, -0.05) is 58.9 Å². The number of ether oxygens (including phenoxy) is 1. The Hall–Kier alpha value is -0.369. The van der Waals surface area contributed by atoms with E-state index >= 15 is 0 Å². The summed E-state index contributed by atoms with van der Waals surface area (Å²) in [5.74, 6) is -1.13. The number of esters is 1. The van der Waals surface area contributed by atoms with Gasteiger partial charge in [0.1, 0.15) is 30.0 Å². The van der Waals surface area contributed by atoms with E-state index in [-0.39, 0.29) is 0 Å². The van der Waals surface area contributed by atoms with Crippen molar-refractivity contribution in [2.45, 2.75) is 81.6 Å². The quantitative estimate of drug-likeness (QED) is 0.331. The van der Waals surface area contributed by atoms with Crippen LogP contribution in [0.15, 0.2) is 0 Å². The Morgan fingerprint density at radius 1 is 0.846 bits per heavy atom. The van der Waals surface area contributed by atoms with Crippen LogP contribution in [0.2, 0.25) is 58.9 Å². The lowest BCUT2D eigenvalue weighted by atomic mass is 10.0. The molecule has 7 nitrogen and oxygen atoms in total. The molecule has 0 spiro atoms. The van der Waals surface area contributed by atoms with Gasteiger partial charge < -0.3 is 30.0 Å². The van der Waals surface area contributed by atoms with E-state index in [9.17, 15) is 30.0 Å². The van der Waals surface area contributed by atoms with Gasteiger partial charge in [-0.3, -0.25) is 0 Å². The summed E-state index contributed by atoms with van der Waals surface area (Å²) in [6.07, 6.45) is -4.13. The average Bonchev–Trinajstić information content (AvgIpc) is 2.46. The number of aliphatic hydroxyl groups is 4. The minimum Gasteiger partial charge on any atom is -0.467 e. The van der Waals surface area contributed by atoms with Crippen molar-refractivity contribution < 1.29 is 34.8 Å². The molecule has 0 saturated carbocycles. The van der Waals surface area contributed by atoms with E-state index in [1.165, 1.54) is 0 Å². The summed E-state index contributed by atoms with van der Waals surface area (Å²) in [7, 11) is -7.40. The number of carbonyl (C=O) groups excluding carboxylic acids is 2. The molecule has 0 aliphatic carbocycles. The van der Waals surface area contributed by atoms with Gasteiger partial charge in [-0.25, -0.2) is 4.79 Å². The van der Waals surface area contributed by atoms with Gasteiger partial charge in [0.2, 0.25) is 0 Å². The Labute approximate surface area is 159 Å². The lowest BCUT2D eigenvalue weighted by molar-refractivity contribution is -0.182. The van der Waals surface area contributed by atoms with Gasteiger partial charge in [0.15, 0.2) is 6.10 Å². The highest BCUT2D eigenvalue weighted by molar-refractivity contribution is 7.09. The lowest BCUT2D eigenvalue weighted by Gasteiger charge is -2.58. The third-order valence-electron chi connectivity index (χ3n) is 4.96. The van der Waals surface area contributed by atoms with Gasteiger partial charge in [0.05, 0.1) is 23.3 Å². The molecule has 0 fully saturated rings. The first kappa shape index (κ1) is 25.6. The molecule has 0 rings (SSSR count). The predicted molar refractivity (Wildman–Crippen MR) is 109 cm³/mol. The third-order valence-corrected chi connectivity index (χ3v) is 12.9. The molecular formula is C16H36O7Si3. The molecule has 0 aromatic rings. The molecule has 0 radical (unpaired) electrons. The molecule has 26 heavy (non-hydrogen) atoms. The highest BCUT2D eigenvalue weighted by atomic mass is 28.3. The van der Waals surface area contributed by atoms with Crippen LogP contribution in [0.4, 0.5) is 0 Å². The van der Waals surface area contributed by atoms with Crippen LogP contribution in [0, 0.1) is 0 Å². The van der Waals surface area contributed by atoms with Crippen LogP contribution in [0.3, 0.4) is 0 Å². The predicted octanol–water partition coefficient (Wildman–Crippen LogP) is 0.545. The Morgan fingerprint density at radius 2 is 1.23 bits per heavy atom. The van der Waals surface area contributed by atoms with E-state index in [4.69, 9.17) is 0 Å². The lowest BCUT2D eigenvalue weighted by Crippen LogP contribution is -2.85. The molecule has 154 valence electrons. The number of methoxy groups -OCH3 is 1. The summed E-state index contributed by atoms with van der Waals surface area (Å²) in [4.78, 5) is 25.2. The molecule has 0 aromatic carbocycles. The fourth-order valence-electron chi connectivity index (χ4n) is 3.31. The van der Waals surface area contributed by atoms with Gasteiger partial charge >= 0.3 is 5.97 Å². The Bertz CT molecular complexity index is 548. The van der Waals surface area contributed by atoms with Crippen molar-refractivity contribution in [3.63, 3.8) is 0 Å². The van der Waals surface area contributed by atoms with Crippen molar-refractivity contribution in [1.29, 1.82) is 0 Å². The monoisotopic (exact) mass is 424 g/mol. The highest BCUT2D eigenvalue weighted by Gasteiger charge is 2.71. The molecule has 4 atom stereocenters. The van der Waals surface area contributed by atoms with Crippen molar-refractivity contribution in [2.24, 2.45) is 0 Å². The van der Waals surface area contributed by atoms with Crippen LogP contribution in [0.5, 0.6) is 0 Å². The first-order chi connectivity index (χ1) is 11.2. The molecule has 0 heterocycles. The molecule has 0 aliphatic rings. The summed E-state index contributed by atoms with van der Waals surface area (Å²) in [6.45, 7) is 15.5. The van der Waals surface area contributed by atoms with Crippen LogP contribution in [-0.4, -0.2) is 85.8 Å². The molecule has 0 bridgehead atoms. The zero-order valence-corrected chi connectivity index (χ0v) is 20.7. The van der Waals surface area contributed by atoms with Crippen molar-refractivity contribution in [1.82, 2.24) is 0 Å². The van der Waals surface area contributed by atoms with E-state index in [2.05, 4.69) is 4.74 Å². The number of rotatable bonds is 8. The summed E-state index contributed by atoms with van der Waals surface area (Å²) in [5, 5.41) is 39.6. The smallest absolute Gasteiger partial charge is 0.337 e. The number of aliphatic hydroxyl groups excluding tert-OH is 2. The largest absolute Gasteiger partial charge is 0.467 e. The van der Waals surface area contributed by atoms with Gasteiger partial charge in [-0.2, -0.15) is 0 Å². The maximum absolute atomic E-state index is 13.4. The third kappa shape index (κ3) is 4.06. The normalized spacial score (nSPS) is 20.5. The minimum absolute atomic E-state index is 0.481. The molecule has 0 aliphatic heterocycles. The number of hydrogen-bond acceptors (Lipinski definition) is 7. The van der Waals surface area contributed by atoms with Crippen molar-refractivity contribution in [2.75, 3.05) is 7.11 Å². The average molecular weight is 425 g/mol. The maximum Gasteiger partial charge on any atom is 0.337 e. The first-order valence-electron chi connectivity index (χ1n) is 8.64. The second kappa shape index (κ2) is 7.57. The van der Waals surface area contributed by atoms with Crippen molar-refractivity contribution in [3.8, 4) is 0 Å². The van der Waals surface area contributed by atoms with E-state index in [1.54, 1.807) is 58.9 Å². The standard InChI is InChI=1S/C16H36O7Si3/c1-23-13(19)11(17)12(18)15(21,25(5,6)7)16(22,26(8,9)10)14(20)24(2,3)4/h11-12,17-18,21-22H,1-10H3/t11-,12+,15+,16+/m0/s1. The second-order valence-electron chi connectivity index (χ2n) is 9.97. The van der Waals surface area contributed by atoms with E-state index < -0.39 is 58.3 Å². The summed E-state index contributed by atoms with van der Waals surface area (Å²) in [6, 6.07) is 0. The highest BCUT2D eigenvalue weighted by Crippen LogP contribution is 2.44. The zero-order valence-electron chi connectivity index (χ0n) is 17.7. The summed E-state index contributed by atoms with van der Waals surface area (Å²) >= 11 is 0. The Balaban J connectivity index is 6.93. The molecule has 4 N–H and O–H groups in total. The summed E-state index contributed by atoms with van der Waals surface area (Å²) in [5.41, 5.74) is 0. The van der Waals surface area contributed by atoms with Crippen LogP contribution in [0.25, 0.3) is 0 Å².